The van der Waals surface area contributed by atoms with Gasteiger partial charge >= 0.3 is 0 Å². The molecule has 2 aromatic rings. The van der Waals surface area contributed by atoms with Crippen molar-refractivity contribution in [2.24, 2.45) is 0 Å². The van der Waals surface area contributed by atoms with Gasteiger partial charge in [-0.05, 0) is 47.1 Å². The van der Waals surface area contributed by atoms with Crippen LogP contribution in [0.1, 0.15) is 17.1 Å². The van der Waals surface area contributed by atoms with E-state index in [-0.39, 0.29) is 0 Å². The van der Waals surface area contributed by atoms with Gasteiger partial charge in [-0.15, -0.1) is 11.3 Å². The monoisotopic (exact) mass is 363 g/mol. The summed E-state index contributed by atoms with van der Waals surface area (Å²) in [5.74, 6) is 0.867. The number of rotatable bonds is 8. The van der Waals surface area contributed by atoms with E-state index in [9.17, 15) is 0 Å². The molecule has 2 aromatic heterocycles. The highest BCUT2D eigenvalue weighted by Gasteiger charge is 2.03. The van der Waals surface area contributed by atoms with Crippen LogP contribution in [0, 0.1) is 0 Å². The molecule has 0 aliphatic carbocycles. The topological polar surface area (TPSA) is 34.4 Å². The summed E-state index contributed by atoms with van der Waals surface area (Å²) < 4.78 is 12.4. The molecular weight excluding hydrogens is 350 g/mol. The van der Waals surface area contributed by atoms with Gasteiger partial charge in [-0.3, -0.25) is 0 Å². The van der Waals surface area contributed by atoms with Gasteiger partial charge in [0.1, 0.15) is 16.7 Å². The van der Waals surface area contributed by atoms with Crippen molar-refractivity contribution in [3.05, 3.63) is 43.9 Å². The molecule has 2 heterocycles. The lowest BCUT2D eigenvalue weighted by Crippen LogP contribution is -2.15. The van der Waals surface area contributed by atoms with Crippen LogP contribution in [0.15, 0.2) is 33.4 Å². The Balaban J connectivity index is 1.50. The van der Waals surface area contributed by atoms with Crippen LogP contribution in [-0.4, -0.2) is 13.2 Å². The van der Waals surface area contributed by atoms with Crippen molar-refractivity contribution >= 4 is 38.9 Å². The van der Waals surface area contributed by atoms with Crippen molar-refractivity contribution in [3.8, 4) is 0 Å². The van der Waals surface area contributed by atoms with Gasteiger partial charge in [-0.25, -0.2) is 0 Å². The lowest BCUT2D eigenvalue weighted by Gasteiger charge is -2.04. The van der Waals surface area contributed by atoms with Gasteiger partial charge in [0.2, 0.25) is 0 Å². The molecule has 0 radical (unpaired) electrons. The molecule has 0 aliphatic heterocycles. The van der Waals surface area contributed by atoms with Gasteiger partial charge in [0.25, 0.3) is 0 Å². The molecule has 0 aromatic carbocycles. The molecule has 0 saturated carbocycles. The minimum atomic E-state index is 0.542. The second kappa shape index (κ2) is 8.07. The van der Waals surface area contributed by atoms with Crippen LogP contribution >= 0.6 is 38.9 Å². The Morgan fingerprint density at radius 1 is 1.47 bits per heavy atom. The third-order valence-electron chi connectivity index (χ3n) is 2.46. The SMILES string of the molecule is Clc1sc(CNCCCOCc2ccco2)cc1Br. The van der Waals surface area contributed by atoms with E-state index < -0.39 is 0 Å². The Hall–Kier alpha value is -0.330. The molecule has 19 heavy (non-hydrogen) atoms. The van der Waals surface area contributed by atoms with Gasteiger partial charge in [0.15, 0.2) is 0 Å². The number of halogens is 2. The summed E-state index contributed by atoms with van der Waals surface area (Å²) in [4.78, 5) is 1.23. The molecule has 0 amide bonds. The van der Waals surface area contributed by atoms with Crippen LogP contribution in [0.25, 0.3) is 0 Å². The highest BCUT2D eigenvalue weighted by atomic mass is 79.9. The molecular formula is C13H15BrClNO2S. The van der Waals surface area contributed by atoms with Crippen LogP contribution in [0.5, 0.6) is 0 Å². The maximum Gasteiger partial charge on any atom is 0.129 e. The number of hydrogen-bond acceptors (Lipinski definition) is 4. The van der Waals surface area contributed by atoms with E-state index >= 15 is 0 Å². The third kappa shape index (κ3) is 5.28. The highest BCUT2D eigenvalue weighted by Crippen LogP contribution is 2.31. The molecule has 6 heteroatoms. The first-order valence-electron chi connectivity index (χ1n) is 6.00. The zero-order valence-electron chi connectivity index (χ0n) is 10.3. The van der Waals surface area contributed by atoms with Gasteiger partial charge in [0, 0.05) is 22.5 Å². The Labute approximate surface area is 130 Å². The highest BCUT2D eigenvalue weighted by molar-refractivity contribution is 9.10. The maximum absolute atomic E-state index is 5.97. The fourth-order valence-corrected chi connectivity index (χ4v) is 3.32. The summed E-state index contributed by atoms with van der Waals surface area (Å²) in [7, 11) is 0. The van der Waals surface area contributed by atoms with Crippen molar-refractivity contribution in [1.29, 1.82) is 0 Å². The first-order chi connectivity index (χ1) is 9.25. The predicted molar refractivity (Wildman–Crippen MR) is 81.7 cm³/mol. The minimum Gasteiger partial charge on any atom is -0.467 e. The van der Waals surface area contributed by atoms with Crippen molar-refractivity contribution < 1.29 is 9.15 Å². The lowest BCUT2D eigenvalue weighted by molar-refractivity contribution is 0.104. The number of thiophene rings is 1. The van der Waals surface area contributed by atoms with Crippen LogP contribution < -0.4 is 5.32 Å². The summed E-state index contributed by atoms with van der Waals surface area (Å²) in [6, 6.07) is 5.83. The average Bonchev–Trinajstić information content (AvgIpc) is 2.99. The van der Waals surface area contributed by atoms with E-state index in [2.05, 4.69) is 21.2 Å². The Bertz CT molecular complexity index is 467. The van der Waals surface area contributed by atoms with Crippen molar-refractivity contribution in [1.82, 2.24) is 5.32 Å². The second-order valence-corrected chi connectivity index (χ2v) is 6.59. The largest absolute Gasteiger partial charge is 0.467 e. The van der Waals surface area contributed by atoms with Gasteiger partial charge in [-0.2, -0.15) is 0 Å². The summed E-state index contributed by atoms with van der Waals surface area (Å²) in [6.07, 6.45) is 2.63. The zero-order chi connectivity index (χ0) is 13.5. The second-order valence-electron chi connectivity index (χ2n) is 4.00. The van der Waals surface area contributed by atoms with Crippen molar-refractivity contribution in [3.63, 3.8) is 0 Å². The van der Waals surface area contributed by atoms with Crippen LogP contribution in [0.4, 0.5) is 0 Å². The van der Waals surface area contributed by atoms with Crippen LogP contribution in [0.3, 0.4) is 0 Å². The molecule has 0 bridgehead atoms. The number of ether oxygens (including phenoxy) is 1. The van der Waals surface area contributed by atoms with E-state index in [0.717, 1.165) is 40.7 Å². The smallest absolute Gasteiger partial charge is 0.129 e. The molecule has 3 nitrogen and oxygen atoms in total. The molecule has 2 rings (SSSR count). The minimum absolute atomic E-state index is 0.542. The quantitative estimate of drug-likeness (QED) is 0.703. The molecule has 104 valence electrons. The predicted octanol–water partition coefficient (Wildman–Crippen LogP) is 4.45. The normalized spacial score (nSPS) is 11.1. The molecule has 0 atom stereocenters. The molecule has 0 aliphatic rings. The van der Waals surface area contributed by atoms with E-state index in [1.165, 1.54) is 4.88 Å². The summed E-state index contributed by atoms with van der Waals surface area (Å²) in [5.41, 5.74) is 0. The molecule has 0 saturated heterocycles. The number of hydrogen-bond donors (Lipinski definition) is 1. The van der Waals surface area contributed by atoms with E-state index in [1.54, 1.807) is 17.6 Å². The average molecular weight is 365 g/mol. The fraction of sp³-hybridized carbons (Fsp3) is 0.385. The van der Waals surface area contributed by atoms with Crippen LogP contribution in [-0.2, 0) is 17.9 Å². The lowest BCUT2D eigenvalue weighted by atomic mass is 10.4. The van der Waals surface area contributed by atoms with Gasteiger partial charge in [-0.1, -0.05) is 11.6 Å². The first kappa shape index (κ1) is 15.1. The zero-order valence-corrected chi connectivity index (χ0v) is 13.5. The Morgan fingerprint density at radius 2 is 2.37 bits per heavy atom. The number of nitrogens with one attached hydrogen (secondary N) is 1. The van der Waals surface area contributed by atoms with Crippen molar-refractivity contribution in [2.45, 2.75) is 19.6 Å². The fourth-order valence-electron chi connectivity index (χ4n) is 1.56. The van der Waals surface area contributed by atoms with Gasteiger partial charge < -0.3 is 14.5 Å². The van der Waals surface area contributed by atoms with Crippen LogP contribution in [0.2, 0.25) is 4.34 Å². The molecule has 1 N–H and O–H groups in total. The summed E-state index contributed by atoms with van der Waals surface area (Å²) in [6.45, 7) is 3.03. The van der Waals surface area contributed by atoms with E-state index in [4.69, 9.17) is 20.8 Å². The standard InChI is InChI=1S/C13H15BrClNO2S/c14-12-7-11(19-13(12)15)8-16-4-2-5-17-9-10-3-1-6-18-10/h1,3,6-7,16H,2,4-5,8-9H2. The summed E-state index contributed by atoms with van der Waals surface area (Å²) >= 11 is 11.0. The molecule has 0 unspecified atom stereocenters. The summed E-state index contributed by atoms with van der Waals surface area (Å²) in [5, 5.41) is 3.36. The Kier molecular flexibility index (Phi) is 6.40. The van der Waals surface area contributed by atoms with E-state index in [0.29, 0.717) is 6.61 Å². The molecule has 0 spiro atoms. The maximum atomic E-state index is 5.97. The van der Waals surface area contributed by atoms with E-state index in [1.807, 2.05) is 18.2 Å². The van der Waals surface area contributed by atoms with Gasteiger partial charge in [0.05, 0.1) is 6.26 Å². The number of furan rings is 1. The Morgan fingerprint density at radius 3 is 3.05 bits per heavy atom. The first-order valence-corrected chi connectivity index (χ1v) is 7.99. The third-order valence-corrected chi connectivity index (χ3v) is 4.94. The van der Waals surface area contributed by atoms with Crippen molar-refractivity contribution in [2.75, 3.05) is 13.2 Å². The molecule has 0 fully saturated rings.